The highest BCUT2D eigenvalue weighted by molar-refractivity contribution is 5.51. The SMILES string of the molecule is COc1ccc2c(n1)CCN1Cc3c(ccc(O)c3OC)CC[C@@H]21. The first-order chi connectivity index (χ1) is 11.7. The third-order valence-corrected chi connectivity index (χ3v) is 5.22. The van der Waals surface area contributed by atoms with Crippen LogP contribution in [0.4, 0.5) is 0 Å². The van der Waals surface area contributed by atoms with E-state index in [4.69, 9.17) is 9.47 Å². The smallest absolute Gasteiger partial charge is 0.213 e. The lowest BCUT2D eigenvalue weighted by atomic mass is 9.93. The van der Waals surface area contributed by atoms with Crippen LogP contribution >= 0.6 is 0 Å². The fraction of sp³-hybridized carbons (Fsp3) is 0.421. The lowest BCUT2D eigenvalue weighted by Gasteiger charge is -2.35. The lowest BCUT2D eigenvalue weighted by Crippen LogP contribution is -2.34. The minimum absolute atomic E-state index is 0.221. The predicted molar refractivity (Wildman–Crippen MR) is 90.6 cm³/mol. The van der Waals surface area contributed by atoms with Crippen molar-refractivity contribution < 1.29 is 14.6 Å². The number of hydrogen-bond acceptors (Lipinski definition) is 5. The average molecular weight is 326 g/mol. The highest BCUT2D eigenvalue weighted by Crippen LogP contribution is 2.42. The first kappa shape index (κ1) is 15.3. The Hall–Kier alpha value is -2.27. The van der Waals surface area contributed by atoms with Gasteiger partial charge in [0.2, 0.25) is 5.88 Å². The average Bonchev–Trinajstić information content (AvgIpc) is 2.80. The molecular weight excluding hydrogens is 304 g/mol. The van der Waals surface area contributed by atoms with E-state index in [1.165, 1.54) is 11.1 Å². The molecule has 0 aliphatic carbocycles. The number of methoxy groups -OCH3 is 2. The Morgan fingerprint density at radius 1 is 1.12 bits per heavy atom. The second-order valence-electron chi connectivity index (χ2n) is 6.42. The van der Waals surface area contributed by atoms with Crippen LogP contribution in [0.2, 0.25) is 0 Å². The van der Waals surface area contributed by atoms with Crippen LogP contribution in [-0.2, 0) is 19.4 Å². The molecule has 5 nitrogen and oxygen atoms in total. The van der Waals surface area contributed by atoms with Gasteiger partial charge in [-0.1, -0.05) is 12.1 Å². The number of rotatable bonds is 2. The van der Waals surface area contributed by atoms with Crippen LogP contribution in [0, 0.1) is 0 Å². The van der Waals surface area contributed by atoms with E-state index in [9.17, 15) is 5.11 Å². The molecule has 1 aromatic heterocycles. The predicted octanol–water partition coefficient (Wildman–Crippen LogP) is 2.85. The Labute approximate surface area is 141 Å². The second-order valence-corrected chi connectivity index (χ2v) is 6.42. The monoisotopic (exact) mass is 326 g/mol. The van der Waals surface area contributed by atoms with E-state index in [2.05, 4.69) is 16.0 Å². The van der Waals surface area contributed by atoms with Gasteiger partial charge in [0.05, 0.1) is 19.9 Å². The molecule has 24 heavy (non-hydrogen) atoms. The topological polar surface area (TPSA) is 54.8 Å². The van der Waals surface area contributed by atoms with Gasteiger partial charge in [-0.25, -0.2) is 4.98 Å². The maximum Gasteiger partial charge on any atom is 0.213 e. The highest BCUT2D eigenvalue weighted by atomic mass is 16.5. The van der Waals surface area contributed by atoms with Crippen molar-refractivity contribution in [2.75, 3.05) is 20.8 Å². The summed E-state index contributed by atoms with van der Waals surface area (Å²) in [4.78, 5) is 7.11. The Morgan fingerprint density at radius 2 is 2.00 bits per heavy atom. The van der Waals surface area contributed by atoms with Gasteiger partial charge in [-0.15, -0.1) is 0 Å². The number of phenolic OH excluding ortho intramolecular Hbond substituents is 1. The first-order valence-electron chi connectivity index (χ1n) is 8.37. The fourth-order valence-corrected chi connectivity index (χ4v) is 4.03. The molecule has 5 heteroatoms. The number of aryl methyl sites for hydroxylation is 1. The molecule has 0 saturated carbocycles. The van der Waals surface area contributed by atoms with Gasteiger partial charge in [0, 0.05) is 37.2 Å². The van der Waals surface area contributed by atoms with Crippen molar-refractivity contribution in [1.29, 1.82) is 0 Å². The first-order valence-corrected chi connectivity index (χ1v) is 8.37. The molecule has 0 radical (unpaired) electrons. The van der Waals surface area contributed by atoms with Crippen LogP contribution in [0.15, 0.2) is 24.3 Å². The molecule has 1 atom stereocenters. The van der Waals surface area contributed by atoms with Crippen LogP contribution in [0.1, 0.15) is 34.8 Å². The third-order valence-electron chi connectivity index (χ3n) is 5.22. The summed E-state index contributed by atoms with van der Waals surface area (Å²) in [6, 6.07) is 8.22. The summed E-state index contributed by atoms with van der Waals surface area (Å²) in [5.74, 6) is 1.52. The Balaban J connectivity index is 1.72. The zero-order valence-corrected chi connectivity index (χ0v) is 14.1. The summed E-state index contributed by atoms with van der Waals surface area (Å²) in [5.41, 5.74) is 4.83. The number of nitrogens with zero attached hydrogens (tertiary/aromatic N) is 2. The number of benzene rings is 1. The van der Waals surface area contributed by atoms with E-state index >= 15 is 0 Å². The Bertz CT molecular complexity index is 775. The van der Waals surface area contributed by atoms with E-state index in [1.807, 2.05) is 12.1 Å². The minimum atomic E-state index is 0.221. The molecular formula is C19H22N2O3. The number of pyridine rings is 1. The normalized spacial score (nSPS) is 19.7. The second kappa shape index (κ2) is 5.98. The van der Waals surface area contributed by atoms with Crippen molar-refractivity contribution >= 4 is 0 Å². The maximum atomic E-state index is 10.1. The number of ether oxygens (including phenoxy) is 2. The minimum Gasteiger partial charge on any atom is -0.504 e. The van der Waals surface area contributed by atoms with Crippen molar-refractivity contribution in [3.05, 3.63) is 46.6 Å². The standard InChI is InChI=1S/C19H22N2O3/c1-23-18-8-5-13-15(20-18)9-10-21-11-14-12(3-6-16(13)21)4-7-17(22)19(14)24-2/h4-5,7-8,16,22H,3,6,9-11H2,1-2H3/t16-/m0/s1. The van der Waals surface area contributed by atoms with Gasteiger partial charge in [0.1, 0.15) is 0 Å². The number of aromatic nitrogens is 1. The van der Waals surface area contributed by atoms with Crippen molar-refractivity contribution in [3.63, 3.8) is 0 Å². The van der Waals surface area contributed by atoms with E-state index in [0.29, 0.717) is 17.7 Å². The molecule has 1 N–H and O–H groups in total. The molecule has 0 spiro atoms. The lowest BCUT2D eigenvalue weighted by molar-refractivity contribution is 0.170. The maximum absolute atomic E-state index is 10.1. The molecule has 0 fully saturated rings. The molecule has 1 aromatic carbocycles. The van der Waals surface area contributed by atoms with Gasteiger partial charge in [-0.05, 0) is 30.0 Å². The summed E-state index contributed by atoms with van der Waals surface area (Å²) in [6.07, 6.45) is 2.93. The van der Waals surface area contributed by atoms with Crippen molar-refractivity contribution in [1.82, 2.24) is 9.88 Å². The van der Waals surface area contributed by atoms with E-state index in [0.717, 1.165) is 43.6 Å². The molecule has 3 heterocycles. The number of aromatic hydroxyl groups is 1. The zero-order valence-electron chi connectivity index (χ0n) is 14.1. The summed E-state index contributed by atoms with van der Waals surface area (Å²) in [7, 11) is 3.28. The molecule has 0 bridgehead atoms. The summed E-state index contributed by atoms with van der Waals surface area (Å²) < 4.78 is 10.7. The Morgan fingerprint density at radius 3 is 2.79 bits per heavy atom. The van der Waals surface area contributed by atoms with Crippen LogP contribution in [0.25, 0.3) is 0 Å². The van der Waals surface area contributed by atoms with Gasteiger partial charge in [0.15, 0.2) is 11.5 Å². The van der Waals surface area contributed by atoms with Gasteiger partial charge >= 0.3 is 0 Å². The molecule has 0 unspecified atom stereocenters. The quantitative estimate of drug-likeness (QED) is 0.920. The summed E-state index contributed by atoms with van der Waals surface area (Å²) in [5, 5.41) is 10.1. The molecule has 2 aliphatic heterocycles. The molecule has 126 valence electrons. The van der Waals surface area contributed by atoms with Crippen LogP contribution in [0.3, 0.4) is 0 Å². The van der Waals surface area contributed by atoms with Gasteiger partial charge in [-0.3, -0.25) is 4.90 Å². The highest BCUT2D eigenvalue weighted by Gasteiger charge is 2.32. The van der Waals surface area contributed by atoms with E-state index in [-0.39, 0.29) is 5.75 Å². The van der Waals surface area contributed by atoms with E-state index < -0.39 is 0 Å². The number of phenols is 1. The van der Waals surface area contributed by atoms with Gasteiger partial charge in [0.25, 0.3) is 0 Å². The van der Waals surface area contributed by atoms with Gasteiger partial charge in [-0.2, -0.15) is 0 Å². The largest absolute Gasteiger partial charge is 0.504 e. The van der Waals surface area contributed by atoms with Crippen LogP contribution in [-0.4, -0.2) is 35.8 Å². The fourth-order valence-electron chi connectivity index (χ4n) is 4.03. The molecule has 0 amide bonds. The number of fused-ring (bicyclic) bond motifs is 4. The van der Waals surface area contributed by atoms with Crippen molar-refractivity contribution in [2.45, 2.75) is 31.8 Å². The zero-order chi connectivity index (χ0) is 16.7. The molecule has 2 aliphatic rings. The van der Waals surface area contributed by atoms with Crippen LogP contribution < -0.4 is 9.47 Å². The van der Waals surface area contributed by atoms with E-state index in [1.54, 1.807) is 20.3 Å². The number of hydrogen-bond donors (Lipinski definition) is 1. The molecule has 2 aromatic rings. The Kier molecular flexibility index (Phi) is 3.81. The summed E-state index contributed by atoms with van der Waals surface area (Å²) in [6.45, 7) is 1.75. The summed E-state index contributed by atoms with van der Waals surface area (Å²) >= 11 is 0. The molecule has 0 saturated heterocycles. The van der Waals surface area contributed by atoms with Gasteiger partial charge < -0.3 is 14.6 Å². The van der Waals surface area contributed by atoms with Crippen molar-refractivity contribution in [2.24, 2.45) is 0 Å². The third kappa shape index (κ3) is 2.40. The molecule has 4 rings (SSSR count). The van der Waals surface area contributed by atoms with Crippen molar-refractivity contribution in [3.8, 4) is 17.4 Å². The van der Waals surface area contributed by atoms with Crippen LogP contribution in [0.5, 0.6) is 17.4 Å².